The van der Waals surface area contributed by atoms with Crippen molar-refractivity contribution >= 4 is 0 Å². The van der Waals surface area contributed by atoms with E-state index in [1.54, 1.807) is 23.1 Å². The highest BCUT2D eigenvalue weighted by atomic mass is 16.5. The van der Waals surface area contributed by atoms with Crippen LogP contribution in [0.1, 0.15) is 30.0 Å². The Labute approximate surface area is 106 Å². The summed E-state index contributed by atoms with van der Waals surface area (Å²) in [4.78, 5) is 4.06. The molecule has 2 heterocycles. The van der Waals surface area contributed by atoms with Gasteiger partial charge in [0.2, 0.25) is 0 Å². The summed E-state index contributed by atoms with van der Waals surface area (Å²) in [6, 6.07) is 3.64. The summed E-state index contributed by atoms with van der Waals surface area (Å²) < 4.78 is 7.10. The van der Waals surface area contributed by atoms with E-state index < -0.39 is 6.10 Å². The lowest BCUT2D eigenvalue weighted by atomic mass is 10.1. The molecule has 0 amide bonds. The number of pyridine rings is 1. The van der Waals surface area contributed by atoms with Crippen molar-refractivity contribution in [3.63, 3.8) is 0 Å². The fourth-order valence-corrected chi connectivity index (χ4v) is 1.72. The van der Waals surface area contributed by atoms with Crippen LogP contribution in [0.2, 0.25) is 0 Å². The van der Waals surface area contributed by atoms with Crippen molar-refractivity contribution in [2.45, 2.75) is 20.0 Å². The van der Waals surface area contributed by atoms with Gasteiger partial charge in [-0.25, -0.2) is 0 Å². The first-order valence-electron chi connectivity index (χ1n) is 5.88. The average Bonchev–Trinajstić information content (AvgIpc) is 2.69. The molecule has 1 unspecified atom stereocenters. The Hall–Kier alpha value is -1.88. The molecule has 0 bridgehead atoms. The zero-order valence-corrected chi connectivity index (χ0v) is 10.8. The summed E-state index contributed by atoms with van der Waals surface area (Å²) in [5.41, 5.74) is 2.29. The highest BCUT2D eigenvalue weighted by molar-refractivity contribution is 5.30. The predicted molar refractivity (Wildman–Crippen MR) is 67.4 cm³/mol. The van der Waals surface area contributed by atoms with Crippen LogP contribution in [-0.2, 0) is 7.05 Å². The van der Waals surface area contributed by atoms with E-state index >= 15 is 0 Å². The lowest BCUT2D eigenvalue weighted by molar-refractivity contribution is 0.213. The number of ether oxygens (including phenoxy) is 1. The molecule has 0 saturated carbocycles. The molecule has 96 valence electrons. The van der Waals surface area contributed by atoms with Crippen molar-refractivity contribution in [3.05, 3.63) is 41.5 Å². The molecule has 2 aromatic rings. The number of hydrogen-bond acceptors (Lipinski definition) is 4. The molecule has 0 aliphatic rings. The molecule has 5 nitrogen and oxygen atoms in total. The summed E-state index contributed by atoms with van der Waals surface area (Å²) in [6.07, 6.45) is 2.47. The zero-order valence-electron chi connectivity index (χ0n) is 10.8. The third-order valence-electron chi connectivity index (χ3n) is 2.77. The number of rotatable bonds is 4. The lowest BCUT2D eigenvalue weighted by Gasteiger charge is -2.09. The summed E-state index contributed by atoms with van der Waals surface area (Å²) in [7, 11) is 1.85. The third kappa shape index (κ3) is 2.51. The van der Waals surface area contributed by atoms with Gasteiger partial charge in [0, 0.05) is 24.5 Å². The average molecular weight is 247 g/mol. The van der Waals surface area contributed by atoms with E-state index in [2.05, 4.69) is 10.1 Å². The van der Waals surface area contributed by atoms with E-state index in [0.29, 0.717) is 23.6 Å². The Morgan fingerprint density at radius 2 is 2.17 bits per heavy atom. The number of aliphatic hydroxyl groups is 1. The zero-order chi connectivity index (χ0) is 13.1. The minimum Gasteiger partial charge on any atom is -0.492 e. The fraction of sp³-hybridized carbons (Fsp3) is 0.385. The summed E-state index contributed by atoms with van der Waals surface area (Å²) in [5, 5.41) is 14.5. The van der Waals surface area contributed by atoms with Gasteiger partial charge in [0.05, 0.1) is 18.5 Å². The first kappa shape index (κ1) is 12.6. The van der Waals surface area contributed by atoms with Crippen LogP contribution in [0.3, 0.4) is 0 Å². The topological polar surface area (TPSA) is 60.2 Å². The third-order valence-corrected chi connectivity index (χ3v) is 2.77. The van der Waals surface area contributed by atoms with Gasteiger partial charge in [0.15, 0.2) is 0 Å². The van der Waals surface area contributed by atoms with Gasteiger partial charge in [-0.3, -0.25) is 9.67 Å². The van der Waals surface area contributed by atoms with E-state index in [1.807, 2.05) is 27.0 Å². The van der Waals surface area contributed by atoms with Gasteiger partial charge in [-0.2, -0.15) is 5.10 Å². The summed E-state index contributed by atoms with van der Waals surface area (Å²) in [6.45, 7) is 4.42. The van der Waals surface area contributed by atoms with Crippen LogP contribution in [0.15, 0.2) is 24.5 Å². The Morgan fingerprint density at radius 3 is 2.78 bits per heavy atom. The molecule has 18 heavy (non-hydrogen) atoms. The normalized spacial score (nSPS) is 12.4. The minimum atomic E-state index is -0.780. The Morgan fingerprint density at radius 1 is 1.39 bits per heavy atom. The number of aliphatic hydroxyl groups excluding tert-OH is 1. The van der Waals surface area contributed by atoms with Gasteiger partial charge >= 0.3 is 0 Å². The molecular formula is C13H17N3O2. The second kappa shape index (κ2) is 5.18. The van der Waals surface area contributed by atoms with Gasteiger partial charge in [0.1, 0.15) is 11.9 Å². The van der Waals surface area contributed by atoms with Crippen LogP contribution >= 0.6 is 0 Å². The molecule has 2 rings (SSSR count). The summed E-state index contributed by atoms with van der Waals surface area (Å²) >= 11 is 0. The van der Waals surface area contributed by atoms with Crippen molar-refractivity contribution in [1.29, 1.82) is 0 Å². The van der Waals surface area contributed by atoms with Crippen LogP contribution < -0.4 is 4.74 Å². The van der Waals surface area contributed by atoms with E-state index in [4.69, 9.17) is 4.74 Å². The molecule has 5 heteroatoms. The number of nitrogens with zero attached hydrogens (tertiary/aromatic N) is 3. The monoisotopic (exact) mass is 247 g/mol. The molecule has 2 aromatic heterocycles. The van der Waals surface area contributed by atoms with Gasteiger partial charge in [-0.15, -0.1) is 0 Å². The van der Waals surface area contributed by atoms with Crippen LogP contribution in [-0.4, -0.2) is 26.5 Å². The second-order valence-electron chi connectivity index (χ2n) is 4.12. The Balaban J connectivity index is 2.27. The van der Waals surface area contributed by atoms with E-state index in [-0.39, 0.29) is 0 Å². The van der Waals surface area contributed by atoms with Crippen molar-refractivity contribution < 1.29 is 9.84 Å². The largest absolute Gasteiger partial charge is 0.492 e. The molecule has 0 aliphatic carbocycles. The highest BCUT2D eigenvalue weighted by Crippen LogP contribution is 2.23. The van der Waals surface area contributed by atoms with Gasteiger partial charge in [-0.05, 0) is 26.0 Å². The molecule has 0 saturated heterocycles. The van der Waals surface area contributed by atoms with E-state index in [1.165, 1.54) is 0 Å². The fourth-order valence-electron chi connectivity index (χ4n) is 1.72. The Bertz CT molecular complexity index is 517. The first-order valence-corrected chi connectivity index (χ1v) is 5.88. The van der Waals surface area contributed by atoms with Gasteiger partial charge < -0.3 is 9.84 Å². The van der Waals surface area contributed by atoms with E-state index in [0.717, 1.165) is 5.69 Å². The molecule has 1 N–H and O–H groups in total. The molecule has 0 aromatic carbocycles. The molecule has 1 atom stereocenters. The molecule has 0 fully saturated rings. The minimum absolute atomic E-state index is 0.573. The van der Waals surface area contributed by atoms with Gasteiger partial charge in [-0.1, -0.05) is 0 Å². The Kier molecular flexibility index (Phi) is 3.62. The van der Waals surface area contributed by atoms with E-state index in [9.17, 15) is 5.11 Å². The summed E-state index contributed by atoms with van der Waals surface area (Å²) in [5.74, 6) is 0.654. The first-order chi connectivity index (χ1) is 8.61. The quantitative estimate of drug-likeness (QED) is 0.891. The van der Waals surface area contributed by atoms with Crippen molar-refractivity contribution in [2.75, 3.05) is 6.61 Å². The van der Waals surface area contributed by atoms with Gasteiger partial charge in [0.25, 0.3) is 0 Å². The number of aromatic nitrogens is 3. The molecule has 0 spiro atoms. The SMILES string of the molecule is CCOc1cncc(C(O)c2cc(C)n(C)n2)c1. The number of aryl methyl sites for hydroxylation is 2. The number of hydrogen-bond donors (Lipinski definition) is 1. The van der Waals surface area contributed by atoms with Crippen molar-refractivity contribution in [3.8, 4) is 5.75 Å². The van der Waals surface area contributed by atoms with Crippen LogP contribution in [0.5, 0.6) is 5.75 Å². The smallest absolute Gasteiger partial charge is 0.137 e. The standard InChI is InChI=1S/C13H17N3O2/c1-4-18-11-6-10(7-14-8-11)13(17)12-5-9(2)16(3)15-12/h5-8,13,17H,4H2,1-3H3. The second-order valence-corrected chi connectivity index (χ2v) is 4.12. The van der Waals surface area contributed by atoms with Crippen LogP contribution in [0.25, 0.3) is 0 Å². The van der Waals surface area contributed by atoms with Crippen LogP contribution in [0.4, 0.5) is 0 Å². The molecular weight excluding hydrogens is 230 g/mol. The van der Waals surface area contributed by atoms with Crippen molar-refractivity contribution in [2.24, 2.45) is 7.05 Å². The van der Waals surface area contributed by atoms with Crippen molar-refractivity contribution in [1.82, 2.24) is 14.8 Å². The lowest BCUT2D eigenvalue weighted by Crippen LogP contribution is -2.03. The highest BCUT2D eigenvalue weighted by Gasteiger charge is 2.15. The predicted octanol–water partition coefficient (Wildman–Crippen LogP) is 1.60. The maximum atomic E-state index is 10.3. The van der Waals surface area contributed by atoms with Crippen LogP contribution in [0, 0.1) is 6.92 Å². The maximum absolute atomic E-state index is 10.3. The maximum Gasteiger partial charge on any atom is 0.137 e. The molecule has 0 aliphatic heterocycles. The molecule has 0 radical (unpaired) electrons.